The Hall–Kier alpha value is -3.31. The molecule has 0 radical (unpaired) electrons. The molecule has 0 aliphatic heterocycles. The number of hydrogen-bond donors (Lipinski definition) is 1. The smallest absolute Gasteiger partial charge is 0.310 e. The van der Waals surface area contributed by atoms with Crippen LogP contribution in [0.15, 0.2) is 72.8 Å². The van der Waals surface area contributed by atoms with E-state index in [4.69, 9.17) is 16.3 Å². The average molecular weight is 494 g/mol. The van der Waals surface area contributed by atoms with Crippen molar-refractivity contribution >= 4 is 23.5 Å². The molecule has 0 saturated heterocycles. The quantitative estimate of drug-likeness (QED) is 0.241. The number of esters is 1. The number of carbonyl (C=O) groups is 2. The Bertz CT molecular complexity index is 1080. The van der Waals surface area contributed by atoms with Crippen LogP contribution in [0, 0.1) is 0 Å². The van der Waals surface area contributed by atoms with Gasteiger partial charge in [0, 0.05) is 17.1 Å². The molecule has 0 heterocycles. The molecule has 3 aromatic rings. The standard InChI is InChI=1S/C29H32ClNO4/c1-34-28(32)21-25-20-24(13-16-27(25)30)29(33)31-18-17-23-11-14-26(15-12-23)35-19-7-3-6-10-22-8-4-2-5-9-22/h2,4-5,8-9,11-16,20H,3,6-7,10,17-19,21H2,1H3,(H,31,33). The lowest BCUT2D eigenvalue weighted by Gasteiger charge is -2.09. The zero-order valence-electron chi connectivity index (χ0n) is 20.1. The van der Waals surface area contributed by atoms with Gasteiger partial charge in [0.1, 0.15) is 5.75 Å². The lowest BCUT2D eigenvalue weighted by Crippen LogP contribution is -2.25. The van der Waals surface area contributed by atoms with E-state index in [1.54, 1.807) is 18.2 Å². The predicted octanol–water partition coefficient (Wildman–Crippen LogP) is 5.82. The van der Waals surface area contributed by atoms with Crippen LogP contribution in [0.1, 0.15) is 46.3 Å². The Morgan fingerprint density at radius 1 is 0.857 bits per heavy atom. The SMILES string of the molecule is COC(=O)Cc1cc(C(=O)NCCc2ccc(OCCCCCc3ccccc3)cc2)ccc1Cl. The fourth-order valence-electron chi connectivity index (χ4n) is 3.70. The van der Waals surface area contributed by atoms with E-state index in [1.807, 2.05) is 30.3 Å². The summed E-state index contributed by atoms with van der Waals surface area (Å²) in [7, 11) is 1.32. The van der Waals surface area contributed by atoms with Crippen molar-refractivity contribution in [3.63, 3.8) is 0 Å². The Morgan fingerprint density at radius 2 is 1.60 bits per heavy atom. The molecule has 0 aromatic heterocycles. The Kier molecular flexibility index (Phi) is 10.6. The van der Waals surface area contributed by atoms with Crippen LogP contribution >= 0.6 is 11.6 Å². The van der Waals surface area contributed by atoms with Crippen LogP contribution in [0.25, 0.3) is 0 Å². The van der Waals surface area contributed by atoms with Crippen molar-refractivity contribution in [2.45, 2.75) is 38.5 Å². The summed E-state index contributed by atoms with van der Waals surface area (Å²) in [4.78, 5) is 24.0. The highest BCUT2D eigenvalue weighted by Crippen LogP contribution is 2.19. The number of unbranched alkanes of at least 4 members (excludes halogenated alkanes) is 2. The number of amides is 1. The van der Waals surface area contributed by atoms with Gasteiger partial charge in [-0.2, -0.15) is 0 Å². The van der Waals surface area contributed by atoms with Gasteiger partial charge in [0.2, 0.25) is 0 Å². The van der Waals surface area contributed by atoms with Gasteiger partial charge in [-0.1, -0.05) is 54.1 Å². The summed E-state index contributed by atoms with van der Waals surface area (Å²) in [6.07, 6.45) is 5.18. The second-order valence-electron chi connectivity index (χ2n) is 8.35. The number of rotatable bonds is 13. The van der Waals surface area contributed by atoms with Crippen molar-refractivity contribution in [2.24, 2.45) is 0 Å². The lowest BCUT2D eigenvalue weighted by atomic mass is 10.1. The second-order valence-corrected chi connectivity index (χ2v) is 8.76. The fourth-order valence-corrected chi connectivity index (χ4v) is 3.88. The summed E-state index contributed by atoms with van der Waals surface area (Å²) in [5.41, 5.74) is 3.53. The van der Waals surface area contributed by atoms with Crippen molar-refractivity contribution in [2.75, 3.05) is 20.3 Å². The van der Waals surface area contributed by atoms with Crippen molar-refractivity contribution in [1.29, 1.82) is 0 Å². The molecule has 6 heteroatoms. The van der Waals surface area contributed by atoms with E-state index in [2.05, 4.69) is 34.3 Å². The first kappa shape index (κ1) is 26.3. The highest BCUT2D eigenvalue weighted by atomic mass is 35.5. The van der Waals surface area contributed by atoms with Crippen LogP contribution in [0.2, 0.25) is 5.02 Å². The van der Waals surface area contributed by atoms with E-state index in [1.165, 1.54) is 19.1 Å². The van der Waals surface area contributed by atoms with Crippen LogP contribution < -0.4 is 10.1 Å². The molecule has 35 heavy (non-hydrogen) atoms. The summed E-state index contributed by atoms with van der Waals surface area (Å²) >= 11 is 6.13. The molecule has 0 atom stereocenters. The topological polar surface area (TPSA) is 64.6 Å². The van der Waals surface area contributed by atoms with Gasteiger partial charge in [0.15, 0.2) is 0 Å². The van der Waals surface area contributed by atoms with Gasteiger partial charge in [-0.3, -0.25) is 9.59 Å². The molecule has 184 valence electrons. The lowest BCUT2D eigenvalue weighted by molar-refractivity contribution is -0.139. The van der Waals surface area contributed by atoms with E-state index >= 15 is 0 Å². The molecule has 3 aromatic carbocycles. The van der Waals surface area contributed by atoms with Gasteiger partial charge in [-0.05, 0) is 79.1 Å². The fraction of sp³-hybridized carbons (Fsp3) is 0.310. The maximum atomic E-state index is 12.5. The van der Waals surface area contributed by atoms with Crippen LogP contribution in [-0.2, 0) is 28.8 Å². The van der Waals surface area contributed by atoms with E-state index in [9.17, 15) is 9.59 Å². The summed E-state index contributed by atoms with van der Waals surface area (Å²) < 4.78 is 10.5. The summed E-state index contributed by atoms with van der Waals surface area (Å²) in [6.45, 7) is 1.21. The molecule has 0 unspecified atom stereocenters. The number of ether oxygens (including phenoxy) is 2. The van der Waals surface area contributed by atoms with Gasteiger partial charge >= 0.3 is 5.97 Å². The van der Waals surface area contributed by atoms with E-state index in [-0.39, 0.29) is 12.3 Å². The van der Waals surface area contributed by atoms with Crippen molar-refractivity contribution in [3.8, 4) is 5.75 Å². The zero-order valence-corrected chi connectivity index (χ0v) is 20.9. The average Bonchev–Trinajstić information content (AvgIpc) is 2.88. The maximum absolute atomic E-state index is 12.5. The van der Waals surface area contributed by atoms with Gasteiger partial charge in [-0.25, -0.2) is 0 Å². The van der Waals surface area contributed by atoms with Crippen LogP contribution in [-0.4, -0.2) is 32.1 Å². The van der Waals surface area contributed by atoms with Crippen molar-refractivity contribution in [1.82, 2.24) is 5.32 Å². The molecule has 5 nitrogen and oxygen atoms in total. The maximum Gasteiger partial charge on any atom is 0.310 e. The van der Waals surface area contributed by atoms with E-state index < -0.39 is 5.97 Å². The molecule has 1 N–H and O–H groups in total. The molecule has 0 aliphatic carbocycles. The second kappa shape index (κ2) is 14.2. The highest BCUT2D eigenvalue weighted by molar-refractivity contribution is 6.31. The first-order valence-corrected chi connectivity index (χ1v) is 12.3. The summed E-state index contributed by atoms with van der Waals surface area (Å²) in [6, 6.07) is 23.4. The summed E-state index contributed by atoms with van der Waals surface area (Å²) in [5, 5.41) is 3.34. The van der Waals surface area contributed by atoms with Gasteiger partial charge in [-0.15, -0.1) is 0 Å². The van der Waals surface area contributed by atoms with Gasteiger partial charge in [0.25, 0.3) is 5.91 Å². The molecule has 0 bridgehead atoms. The van der Waals surface area contributed by atoms with Crippen LogP contribution in [0.3, 0.4) is 0 Å². The highest BCUT2D eigenvalue weighted by Gasteiger charge is 2.12. The number of benzene rings is 3. The number of hydrogen-bond acceptors (Lipinski definition) is 4. The Labute approximate surface area is 212 Å². The molecular weight excluding hydrogens is 462 g/mol. The minimum absolute atomic E-state index is 0.0263. The number of methoxy groups -OCH3 is 1. The number of aryl methyl sites for hydroxylation is 1. The predicted molar refractivity (Wildman–Crippen MR) is 139 cm³/mol. The third-order valence-electron chi connectivity index (χ3n) is 5.71. The minimum Gasteiger partial charge on any atom is -0.494 e. The van der Waals surface area contributed by atoms with Crippen molar-refractivity contribution in [3.05, 3.63) is 100 Å². The molecule has 1 amide bonds. The molecule has 3 rings (SSSR count). The number of halogens is 1. The van der Waals surface area contributed by atoms with Crippen molar-refractivity contribution < 1.29 is 19.1 Å². The summed E-state index contributed by atoms with van der Waals surface area (Å²) in [5.74, 6) is 0.250. The first-order valence-electron chi connectivity index (χ1n) is 11.9. The van der Waals surface area contributed by atoms with Gasteiger partial charge in [0.05, 0.1) is 20.1 Å². The number of carbonyl (C=O) groups excluding carboxylic acids is 2. The molecule has 0 spiro atoms. The van der Waals surface area contributed by atoms with E-state index in [0.29, 0.717) is 35.7 Å². The zero-order chi connectivity index (χ0) is 24.9. The first-order chi connectivity index (χ1) is 17.0. The van der Waals surface area contributed by atoms with Crippen LogP contribution in [0.5, 0.6) is 5.75 Å². The Morgan fingerprint density at radius 3 is 2.34 bits per heavy atom. The largest absolute Gasteiger partial charge is 0.494 e. The molecule has 0 aliphatic rings. The third-order valence-corrected chi connectivity index (χ3v) is 6.08. The molecular formula is C29H32ClNO4. The monoisotopic (exact) mass is 493 g/mol. The molecule has 0 saturated carbocycles. The third kappa shape index (κ3) is 9.10. The van der Waals surface area contributed by atoms with Crippen LogP contribution in [0.4, 0.5) is 0 Å². The minimum atomic E-state index is -0.403. The normalized spacial score (nSPS) is 10.6. The van der Waals surface area contributed by atoms with E-state index in [0.717, 1.165) is 30.6 Å². The Balaban J connectivity index is 1.34. The number of nitrogens with one attached hydrogen (secondary N) is 1. The van der Waals surface area contributed by atoms with Gasteiger partial charge < -0.3 is 14.8 Å². The molecule has 0 fully saturated rings.